The number of nitrogen functional groups attached to an aromatic ring is 1. The van der Waals surface area contributed by atoms with Crippen molar-refractivity contribution >= 4 is 29.3 Å². The van der Waals surface area contributed by atoms with Crippen molar-refractivity contribution in [3.63, 3.8) is 0 Å². The molecule has 2 heterocycles. The van der Waals surface area contributed by atoms with Crippen LogP contribution < -0.4 is 11.4 Å². The number of ether oxygens (including phenoxy) is 1. The molecule has 0 spiro atoms. The number of aliphatic hydroxyl groups is 1. The number of hydrogen-bond donors (Lipinski definition) is 6. The minimum absolute atomic E-state index is 0.172. The molecule has 1 aromatic rings. The molecular weight excluding hydrogens is 530 g/mol. The number of phosphoric acid groups is 3. The second-order valence-corrected chi connectivity index (χ2v) is 11.8. The van der Waals surface area contributed by atoms with Gasteiger partial charge < -0.3 is 35.2 Å². The van der Waals surface area contributed by atoms with Gasteiger partial charge in [-0.3, -0.25) is 9.09 Å². The van der Waals surface area contributed by atoms with Gasteiger partial charge in [-0.2, -0.15) is 13.6 Å². The van der Waals surface area contributed by atoms with Gasteiger partial charge in [0, 0.05) is 6.20 Å². The van der Waals surface area contributed by atoms with Crippen molar-refractivity contribution in [2.75, 3.05) is 12.3 Å². The molecule has 2 unspecified atom stereocenters. The smallest absolute Gasteiger partial charge is 0.386 e. The van der Waals surface area contributed by atoms with E-state index in [4.69, 9.17) is 20.3 Å². The summed E-state index contributed by atoms with van der Waals surface area (Å²) in [5.74, 6) is -0.383. The fraction of sp³-hybridized carbons (Fsp3) is 0.571. The minimum Gasteiger partial charge on any atom is -0.386 e. The lowest BCUT2D eigenvalue weighted by Crippen LogP contribution is -2.44. The molecule has 34 heavy (non-hydrogen) atoms. The fourth-order valence-corrected chi connectivity index (χ4v) is 5.82. The molecule has 1 aliphatic heterocycles. The molecule has 0 aromatic carbocycles. The van der Waals surface area contributed by atoms with Crippen molar-refractivity contribution in [1.82, 2.24) is 9.55 Å². The molecule has 194 valence electrons. The highest BCUT2D eigenvalue weighted by Crippen LogP contribution is 2.66. The zero-order valence-electron chi connectivity index (χ0n) is 17.5. The van der Waals surface area contributed by atoms with Crippen molar-refractivity contribution in [3.8, 4) is 0 Å². The number of aliphatic hydroxyl groups excluding tert-OH is 1. The Hall–Kier alpha value is -1.32. The maximum Gasteiger partial charge on any atom is 0.490 e. The topological polar surface area (TPSA) is 250 Å². The molecule has 0 radical (unpaired) electrons. The summed E-state index contributed by atoms with van der Waals surface area (Å²) >= 11 is 0. The van der Waals surface area contributed by atoms with Gasteiger partial charge in [-0.05, 0) is 12.0 Å². The molecule has 0 aliphatic carbocycles. The third-order valence-corrected chi connectivity index (χ3v) is 7.96. The summed E-state index contributed by atoms with van der Waals surface area (Å²) in [5, 5.41) is 10.5. The molecule has 0 bridgehead atoms. The maximum atomic E-state index is 15.0. The number of hydrogen-bond acceptors (Lipinski definition) is 11. The summed E-state index contributed by atoms with van der Waals surface area (Å²) in [7, 11) is -17.0. The van der Waals surface area contributed by atoms with Crippen LogP contribution in [0.3, 0.4) is 0 Å². The Morgan fingerprint density at radius 1 is 1.26 bits per heavy atom. The Bertz CT molecular complexity index is 1120. The Balaban J connectivity index is 2.34. The van der Waals surface area contributed by atoms with Gasteiger partial charge in [0.1, 0.15) is 17.5 Å². The monoisotopic (exact) mass is 553 g/mol. The van der Waals surface area contributed by atoms with E-state index in [9.17, 15) is 33.4 Å². The number of anilines is 1. The van der Waals surface area contributed by atoms with Crippen LogP contribution in [0.4, 0.5) is 10.2 Å². The van der Waals surface area contributed by atoms with E-state index in [1.807, 2.05) is 0 Å². The van der Waals surface area contributed by atoms with Crippen LogP contribution in [-0.4, -0.2) is 58.7 Å². The van der Waals surface area contributed by atoms with Crippen molar-refractivity contribution in [2.45, 2.75) is 38.0 Å². The zero-order chi connectivity index (χ0) is 26.1. The van der Waals surface area contributed by atoms with Gasteiger partial charge in [0.2, 0.25) is 0 Å². The number of rotatable bonds is 10. The number of nitrogens with two attached hydrogens (primary N) is 1. The van der Waals surface area contributed by atoms with E-state index in [0.29, 0.717) is 4.57 Å². The van der Waals surface area contributed by atoms with E-state index in [0.717, 1.165) is 18.3 Å². The third kappa shape index (κ3) is 7.59. The van der Waals surface area contributed by atoms with E-state index >= 15 is 4.39 Å². The molecule has 16 nitrogen and oxygen atoms in total. The number of alkyl halides is 1. The average molecular weight is 553 g/mol. The zero-order valence-corrected chi connectivity index (χ0v) is 20.2. The number of aromatic nitrogens is 2. The number of nitrogens with zero attached hydrogens (tertiary/aromatic N) is 2. The number of allylic oxidation sites excluding steroid dienone is 1. The summed E-state index contributed by atoms with van der Waals surface area (Å²) < 4.78 is 67.3. The van der Waals surface area contributed by atoms with Gasteiger partial charge in [0.15, 0.2) is 12.4 Å². The molecule has 6 atom stereocenters. The Kier molecular flexibility index (Phi) is 8.80. The molecular formula is C14H23FN3O13P3. The van der Waals surface area contributed by atoms with Crippen molar-refractivity contribution in [3.05, 3.63) is 34.9 Å². The van der Waals surface area contributed by atoms with E-state index in [2.05, 4.69) is 18.1 Å². The van der Waals surface area contributed by atoms with E-state index < -0.39 is 59.9 Å². The largest absolute Gasteiger partial charge is 0.490 e. The van der Waals surface area contributed by atoms with Gasteiger partial charge in [0.25, 0.3) is 0 Å². The average Bonchev–Trinajstić information content (AvgIpc) is 2.88. The van der Waals surface area contributed by atoms with E-state index in [1.54, 1.807) is 13.8 Å². The lowest BCUT2D eigenvalue weighted by atomic mass is 9.94. The maximum absolute atomic E-state index is 15.0. The SMILES string of the molecule is CC(C)/C=C/[C@]1(COP(=O)(O)OP(=O)(O)OP(=O)(O)O)O[C@@H](n2ccc(N)nc2=O)[C@@H](F)[C@H]1O. The quantitative estimate of drug-likeness (QED) is 0.169. The van der Waals surface area contributed by atoms with Gasteiger partial charge in [-0.25, -0.2) is 22.9 Å². The molecule has 2 rings (SSSR count). The van der Waals surface area contributed by atoms with Crippen LogP contribution in [0, 0.1) is 5.92 Å². The van der Waals surface area contributed by atoms with Gasteiger partial charge in [-0.15, -0.1) is 0 Å². The van der Waals surface area contributed by atoms with E-state index in [-0.39, 0.29) is 11.7 Å². The first-order valence-electron chi connectivity index (χ1n) is 9.19. The molecule has 20 heteroatoms. The lowest BCUT2D eigenvalue weighted by Gasteiger charge is -2.29. The molecule has 1 fully saturated rings. The standard InChI is InChI=1S/C14H23FN3O13P3/c1-8(2)3-5-14(7-28-33(24,25)31-34(26,27)30-32(21,22)23)11(19)10(15)12(29-14)18-6-4-9(16)17-13(18)20/h3-6,8,10-12,19H,7H2,1-2H3,(H,24,25)(H,26,27)(H2,16,17,20)(H2,21,22,23)/b5-3+/t10-,11+,12+,14+/m0/s1. The summed E-state index contributed by atoms with van der Waals surface area (Å²) in [6, 6.07) is 1.15. The summed E-state index contributed by atoms with van der Waals surface area (Å²) in [5.41, 5.74) is 2.13. The first-order valence-corrected chi connectivity index (χ1v) is 13.7. The van der Waals surface area contributed by atoms with Gasteiger partial charge in [0.05, 0.1) is 6.61 Å². The molecule has 1 saturated heterocycles. The van der Waals surface area contributed by atoms with Crippen molar-refractivity contribution in [2.24, 2.45) is 5.92 Å². The third-order valence-electron chi connectivity index (χ3n) is 4.17. The lowest BCUT2D eigenvalue weighted by molar-refractivity contribution is -0.0968. The number of phosphoric ester groups is 1. The van der Waals surface area contributed by atoms with Crippen LogP contribution in [0.15, 0.2) is 29.2 Å². The Morgan fingerprint density at radius 2 is 1.88 bits per heavy atom. The predicted octanol–water partition coefficient (Wildman–Crippen LogP) is 0.348. The van der Waals surface area contributed by atoms with Crippen LogP contribution in [0.25, 0.3) is 0 Å². The first-order chi connectivity index (χ1) is 15.4. The highest BCUT2D eigenvalue weighted by molar-refractivity contribution is 7.66. The van der Waals surface area contributed by atoms with Crippen LogP contribution >= 0.6 is 23.5 Å². The normalized spacial score (nSPS) is 29.4. The van der Waals surface area contributed by atoms with Gasteiger partial charge >= 0.3 is 29.2 Å². The Morgan fingerprint density at radius 3 is 2.41 bits per heavy atom. The molecule has 7 N–H and O–H groups in total. The first kappa shape index (κ1) is 28.9. The molecule has 0 amide bonds. The molecule has 1 aliphatic rings. The van der Waals surface area contributed by atoms with Crippen LogP contribution in [-0.2, 0) is 31.6 Å². The van der Waals surface area contributed by atoms with Crippen LogP contribution in [0.1, 0.15) is 20.1 Å². The van der Waals surface area contributed by atoms with E-state index in [1.165, 1.54) is 6.08 Å². The summed E-state index contributed by atoms with van der Waals surface area (Å²) in [6.45, 7) is 2.19. The van der Waals surface area contributed by atoms with Crippen LogP contribution in [0.2, 0.25) is 0 Å². The van der Waals surface area contributed by atoms with Crippen molar-refractivity contribution < 1.29 is 60.6 Å². The molecule has 1 aromatic heterocycles. The second kappa shape index (κ2) is 10.3. The Labute approximate surface area is 191 Å². The second-order valence-electron chi connectivity index (χ2n) is 7.36. The number of halogens is 1. The highest BCUT2D eigenvalue weighted by Gasteiger charge is 2.56. The fourth-order valence-electron chi connectivity index (χ4n) is 2.76. The predicted molar refractivity (Wildman–Crippen MR) is 110 cm³/mol. The van der Waals surface area contributed by atoms with Crippen LogP contribution in [0.5, 0.6) is 0 Å². The van der Waals surface area contributed by atoms with Gasteiger partial charge in [-0.1, -0.05) is 26.0 Å². The minimum atomic E-state index is -5.81. The highest BCUT2D eigenvalue weighted by atomic mass is 31.3. The molecule has 0 saturated carbocycles. The van der Waals surface area contributed by atoms with Crippen molar-refractivity contribution in [1.29, 1.82) is 0 Å². The summed E-state index contributed by atoms with van der Waals surface area (Å²) in [6.07, 6.45) is -2.66. The summed E-state index contributed by atoms with van der Waals surface area (Å²) in [4.78, 5) is 51.6.